The molecule has 2 rings (SSSR count). The maximum absolute atomic E-state index is 12.9. The predicted molar refractivity (Wildman–Crippen MR) is 104 cm³/mol. The Balaban J connectivity index is 2.37. The third-order valence-corrected chi connectivity index (χ3v) is 5.10. The first-order valence-corrected chi connectivity index (χ1v) is 9.53. The number of nitrogens with one attached hydrogen (secondary N) is 2. The van der Waals surface area contributed by atoms with E-state index in [-0.39, 0.29) is 11.6 Å². The van der Waals surface area contributed by atoms with E-state index < -0.39 is 17.2 Å². The van der Waals surface area contributed by atoms with E-state index in [0.29, 0.717) is 22.6 Å². The van der Waals surface area contributed by atoms with E-state index in [0.717, 1.165) is 6.42 Å². The number of thioether (sulfide) groups is 1. The molecule has 0 aliphatic rings. The van der Waals surface area contributed by atoms with Crippen molar-refractivity contribution < 1.29 is 9.59 Å². The molecule has 0 spiro atoms. The normalized spacial score (nSPS) is 13.2. The summed E-state index contributed by atoms with van der Waals surface area (Å²) in [5, 5.41) is 5.25. The maximum atomic E-state index is 12.9. The predicted octanol–water partition coefficient (Wildman–Crippen LogP) is 2.69. The number of hydrogen-bond acceptors (Lipinski definition) is 5. The fourth-order valence-corrected chi connectivity index (χ4v) is 3.42. The molecule has 3 amide bonds. The van der Waals surface area contributed by atoms with Crippen LogP contribution in [0.15, 0.2) is 34.2 Å². The lowest BCUT2D eigenvalue weighted by molar-refractivity contribution is -0.119. The van der Waals surface area contributed by atoms with Crippen LogP contribution in [-0.4, -0.2) is 33.3 Å². The summed E-state index contributed by atoms with van der Waals surface area (Å²) in [5.74, 6) is -0.431. The van der Waals surface area contributed by atoms with Crippen LogP contribution >= 0.6 is 11.8 Å². The van der Waals surface area contributed by atoms with Gasteiger partial charge in [0, 0.05) is 12.6 Å². The van der Waals surface area contributed by atoms with E-state index >= 15 is 0 Å². The second-order valence-electron chi connectivity index (χ2n) is 5.95. The fourth-order valence-electron chi connectivity index (χ4n) is 2.41. The molecule has 2 aromatic rings. The van der Waals surface area contributed by atoms with Crippen LogP contribution in [0.4, 0.5) is 4.79 Å². The summed E-state index contributed by atoms with van der Waals surface area (Å²) in [6.07, 6.45) is 0.757. The molecule has 0 bridgehead atoms. The van der Waals surface area contributed by atoms with Gasteiger partial charge in [-0.25, -0.2) is 9.78 Å². The van der Waals surface area contributed by atoms with Gasteiger partial charge in [0.1, 0.15) is 0 Å². The second-order valence-corrected chi connectivity index (χ2v) is 7.26. The lowest BCUT2D eigenvalue weighted by Crippen LogP contribution is -2.42. The third-order valence-electron chi connectivity index (χ3n) is 4.03. The number of fused-ring (bicyclic) bond motifs is 1. The second kappa shape index (κ2) is 8.84. The highest BCUT2D eigenvalue weighted by molar-refractivity contribution is 8.00. The van der Waals surface area contributed by atoms with Gasteiger partial charge in [-0.3, -0.25) is 19.5 Å². The number of para-hydroxylation sites is 1. The number of urea groups is 1. The summed E-state index contributed by atoms with van der Waals surface area (Å²) in [6.45, 7) is 7.82. The number of nitrogens with zero attached hydrogens (tertiary/aromatic N) is 2. The Bertz CT molecular complexity index is 865. The number of benzene rings is 1. The van der Waals surface area contributed by atoms with Crippen LogP contribution in [0.5, 0.6) is 0 Å². The Kier molecular flexibility index (Phi) is 6.79. The summed E-state index contributed by atoms with van der Waals surface area (Å²) < 4.78 is 1.63. The number of rotatable bonds is 6. The summed E-state index contributed by atoms with van der Waals surface area (Å²) in [5.41, 5.74) is 0.472. The Morgan fingerprint density at radius 1 is 1.23 bits per heavy atom. The van der Waals surface area contributed by atoms with Crippen LogP contribution in [-0.2, 0) is 4.79 Å². The van der Waals surface area contributed by atoms with Gasteiger partial charge >= 0.3 is 6.03 Å². The average molecular weight is 376 g/mol. The molecular formula is C18H24N4O3S. The highest BCUT2D eigenvalue weighted by atomic mass is 32.2. The van der Waals surface area contributed by atoms with E-state index in [9.17, 15) is 14.4 Å². The molecule has 2 N–H and O–H groups in total. The molecule has 1 aromatic heterocycles. The summed E-state index contributed by atoms with van der Waals surface area (Å²) in [4.78, 5) is 41.3. The van der Waals surface area contributed by atoms with Crippen molar-refractivity contribution in [3.63, 3.8) is 0 Å². The van der Waals surface area contributed by atoms with Gasteiger partial charge < -0.3 is 5.32 Å². The highest BCUT2D eigenvalue weighted by Crippen LogP contribution is 2.25. The van der Waals surface area contributed by atoms with Crippen LogP contribution in [0.25, 0.3) is 10.9 Å². The third kappa shape index (κ3) is 4.43. The van der Waals surface area contributed by atoms with Crippen molar-refractivity contribution in [1.82, 2.24) is 20.2 Å². The standard InChI is InChI=1S/C18H24N4O3S/c1-5-11(3)22-16(24)13-9-7-8-10-14(13)20-18(22)26-12(4)15(23)21-17(25)19-6-2/h7-12H,5-6H2,1-4H3,(H2,19,21,23,25)/t11-,12+/m0/s1. The van der Waals surface area contributed by atoms with Crippen LogP contribution in [0.3, 0.4) is 0 Å². The van der Waals surface area contributed by atoms with Crippen molar-refractivity contribution >= 4 is 34.6 Å². The average Bonchev–Trinajstić information content (AvgIpc) is 2.61. The van der Waals surface area contributed by atoms with Crippen molar-refractivity contribution in [2.45, 2.75) is 50.6 Å². The zero-order valence-corrected chi connectivity index (χ0v) is 16.2. The first-order chi connectivity index (χ1) is 12.4. The van der Waals surface area contributed by atoms with E-state index in [1.165, 1.54) is 11.8 Å². The monoisotopic (exact) mass is 376 g/mol. The first-order valence-electron chi connectivity index (χ1n) is 8.65. The van der Waals surface area contributed by atoms with Crippen LogP contribution in [0.2, 0.25) is 0 Å². The van der Waals surface area contributed by atoms with Gasteiger partial charge in [0.2, 0.25) is 5.91 Å². The zero-order chi connectivity index (χ0) is 19.3. The first kappa shape index (κ1) is 20.0. The highest BCUT2D eigenvalue weighted by Gasteiger charge is 2.22. The Morgan fingerprint density at radius 3 is 2.58 bits per heavy atom. The van der Waals surface area contributed by atoms with Gasteiger partial charge in [-0.2, -0.15) is 0 Å². The minimum atomic E-state index is -0.582. The Labute approximate surface area is 156 Å². The molecule has 0 saturated heterocycles. The summed E-state index contributed by atoms with van der Waals surface area (Å²) in [6, 6.07) is 6.57. The molecular weight excluding hydrogens is 352 g/mol. The smallest absolute Gasteiger partial charge is 0.321 e. The largest absolute Gasteiger partial charge is 0.338 e. The minimum absolute atomic E-state index is 0.0549. The number of aromatic nitrogens is 2. The molecule has 26 heavy (non-hydrogen) atoms. The van der Waals surface area contributed by atoms with Crippen molar-refractivity contribution in [3.8, 4) is 0 Å². The number of hydrogen-bond donors (Lipinski definition) is 2. The molecule has 8 heteroatoms. The van der Waals surface area contributed by atoms with E-state index in [2.05, 4.69) is 15.6 Å². The number of carbonyl (C=O) groups excluding carboxylic acids is 2. The molecule has 1 heterocycles. The molecule has 0 unspecified atom stereocenters. The molecule has 1 aromatic carbocycles. The van der Waals surface area contributed by atoms with Gasteiger partial charge in [-0.05, 0) is 39.3 Å². The van der Waals surface area contributed by atoms with Crippen LogP contribution < -0.4 is 16.2 Å². The molecule has 7 nitrogen and oxygen atoms in total. The lowest BCUT2D eigenvalue weighted by atomic mass is 10.2. The fraction of sp³-hybridized carbons (Fsp3) is 0.444. The molecule has 0 fully saturated rings. The lowest BCUT2D eigenvalue weighted by Gasteiger charge is -2.20. The molecule has 2 atom stereocenters. The quantitative estimate of drug-likeness (QED) is 0.597. The Hall–Kier alpha value is -2.35. The van der Waals surface area contributed by atoms with Crippen molar-refractivity contribution in [3.05, 3.63) is 34.6 Å². The molecule has 0 aliphatic carbocycles. The van der Waals surface area contributed by atoms with Gasteiger partial charge in [0.25, 0.3) is 5.56 Å². The van der Waals surface area contributed by atoms with Gasteiger partial charge in [-0.15, -0.1) is 0 Å². The number of amides is 3. The van der Waals surface area contributed by atoms with Crippen molar-refractivity contribution in [1.29, 1.82) is 0 Å². The van der Waals surface area contributed by atoms with Crippen molar-refractivity contribution in [2.75, 3.05) is 6.54 Å². The Morgan fingerprint density at radius 2 is 1.92 bits per heavy atom. The minimum Gasteiger partial charge on any atom is -0.338 e. The van der Waals surface area contributed by atoms with E-state index in [4.69, 9.17) is 0 Å². The number of carbonyl (C=O) groups is 2. The van der Waals surface area contributed by atoms with Gasteiger partial charge in [0.15, 0.2) is 5.16 Å². The molecule has 0 saturated carbocycles. The topological polar surface area (TPSA) is 93.1 Å². The molecule has 0 aliphatic heterocycles. The zero-order valence-electron chi connectivity index (χ0n) is 15.4. The summed E-state index contributed by atoms with van der Waals surface area (Å²) in [7, 11) is 0. The van der Waals surface area contributed by atoms with Crippen LogP contribution in [0.1, 0.15) is 40.2 Å². The van der Waals surface area contributed by atoms with Crippen molar-refractivity contribution in [2.24, 2.45) is 0 Å². The maximum Gasteiger partial charge on any atom is 0.321 e. The summed E-state index contributed by atoms with van der Waals surface area (Å²) >= 11 is 1.17. The number of imide groups is 1. The molecule has 0 radical (unpaired) electrons. The van der Waals surface area contributed by atoms with E-state index in [1.807, 2.05) is 26.0 Å². The molecule has 140 valence electrons. The van der Waals surface area contributed by atoms with E-state index in [1.54, 1.807) is 30.5 Å². The SMILES string of the molecule is CCNC(=O)NC(=O)[C@@H](C)Sc1nc2ccccc2c(=O)n1[C@@H](C)CC. The van der Waals surface area contributed by atoms with Gasteiger partial charge in [-0.1, -0.05) is 30.8 Å². The van der Waals surface area contributed by atoms with Gasteiger partial charge in [0.05, 0.1) is 16.2 Å². The van der Waals surface area contributed by atoms with Crippen LogP contribution in [0, 0.1) is 0 Å².